The third kappa shape index (κ3) is 3.49. The summed E-state index contributed by atoms with van der Waals surface area (Å²) in [6, 6.07) is -0.118. The van der Waals surface area contributed by atoms with Gasteiger partial charge in [0, 0.05) is 20.2 Å². The van der Waals surface area contributed by atoms with E-state index in [0.29, 0.717) is 39.0 Å². The van der Waals surface area contributed by atoms with Gasteiger partial charge in [-0.2, -0.15) is 4.31 Å². The van der Waals surface area contributed by atoms with Crippen LogP contribution in [0, 0.1) is 0 Å². The summed E-state index contributed by atoms with van der Waals surface area (Å²) in [5.74, 6) is -0.140. The minimum Gasteiger partial charge on any atom is -0.383 e. The van der Waals surface area contributed by atoms with Gasteiger partial charge in [0.15, 0.2) is 0 Å². The van der Waals surface area contributed by atoms with Gasteiger partial charge in [-0.05, 0) is 19.3 Å². The van der Waals surface area contributed by atoms with Crippen LogP contribution in [0.5, 0.6) is 0 Å². The third-order valence-corrected chi connectivity index (χ3v) is 5.13. The first-order chi connectivity index (χ1) is 9.43. The van der Waals surface area contributed by atoms with E-state index in [1.165, 1.54) is 10.6 Å². The first kappa shape index (κ1) is 15.7. The fourth-order valence-electron chi connectivity index (χ4n) is 2.88. The van der Waals surface area contributed by atoms with Crippen molar-refractivity contribution in [2.75, 3.05) is 33.1 Å². The van der Waals surface area contributed by atoms with E-state index >= 15 is 0 Å². The van der Waals surface area contributed by atoms with E-state index in [0.717, 1.165) is 0 Å². The maximum atomic E-state index is 11.9. The Labute approximate surface area is 119 Å². The van der Waals surface area contributed by atoms with Gasteiger partial charge in [-0.1, -0.05) is 0 Å². The van der Waals surface area contributed by atoms with Gasteiger partial charge >= 0.3 is 0 Å². The Morgan fingerprint density at radius 3 is 2.80 bits per heavy atom. The number of amides is 1. The van der Waals surface area contributed by atoms with Crippen LogP contribution < -0.4 is 5.32 Å². The fourth-order valence-corrected chi connectivity index (χ4v) is 4.05. The highest BCUT2D eigenvalue weighted by atomic mass is 32.2. The average Bonchev–Trinajstić information content (AvgIpc) is 2.81. The number of rotatable bonds is 5. The number of nitrogens with one attached hydrogen (secondary N) is 1. The molecule has 0 bridgehead atoms. The van der Waals surface area contributed by atoms with Crippen molar-refractivity contribution in [3.8, 4) is 0 Å². The molecule has 2 saturated heterocycles. The van der Waals surface area contributed by atoms with Crippen LogP contribution in [0.2, 0.25) is 0 Å². The van der Waals surface area contributed by atoms with Crippen LogP contribution in [0.15, 0.2) is 0 Å². The lowest BCUT2D eigenvalue weighted by Crippen LogP contribution is -2.49. The summed E-state index contributed by atoms with van der Waals surface area (Å²) < 4.78 is 35.4. The zero-order valence-corrected chi connectivity index (χ0v) is 12.7. The van der Waals surface area contributed by atoms with Gasteiger partial charge in [-0.25, -0.2) is 8.42 Å². The lowest BCUT2D eigenvalue weighted by Gasteiger charge is -2.34. The van der Waals surface area contributed by atoms with E-state index in [1.54, 1.807) is 7.11 Å². The fraction of sp³-hybridized carbons (Fsp3) is 0.917. The van der Waals surface area contributed by atoms with Crippen LogP contribution in [0.25, 0.3) is 0 Å². The Bertz CT molecular complexity index is 453. The Morgan fingerprint density at radius 2 is 2.15 bits per heavy atom. The SMILES string of the molecule is COCCNC(=O)[C@@H]1CC[C@H]2[C@H](CCN2S(C)(=O)=O)O1. The molecule has 0 aromatic heterocycles. The quantitative estimate of drug-likeness (QED) is 0.681. The van der Waals surface area contributed by atoms with E-state index in [1.807, 2.05) is 0 Å². The number of fused-ring (bicyclic) bond motifs is 1. The van der Waals surface area contributed by atoms with E-state index in [2.05, 4.69) is 5.32 Å². The summed E-state index contributed by atoms with van der Waals surface area (Å²) >= 11 is 0. The van der Waals surface area contributed by atoms with Crippen LogP contribution >= 0.6 is 0 Å². The maximum absolute atomic E-state index is 11.9. The summed E-state index contributed by atoms with van der Waals surface area (Å²) in [6.07, 6.45) is 2.44. The highest BCUT2D eigenvalue weighted by molar-refractivity contribution is 7.88. The molecule has 0 aromatic rings. The number of hydrogen-bond donors (Lipinski definition) is 1. The van der Waals surface area contributed by atoms with Crippen molar-refractivity contribution in [1.82, 2.24) is 9.62 Å². The Kier molecular flexibility index (Phi) is 5.00. The minimum atomic E-state index is -3.19. The average molecular weight is 306 g/mol. The number of ether oxygens (including phenoxy) is 2. The molecule has 1 amide bonds. The number of nitrogens with zero attached hydrogens (tertiary/aromatic N) is 1. The van der Waals surface area contributed by atoms with Crippen molar-refractivity contribution in [2.45, 2.75) is 37.5 Å². The summed E-state index contributed by atoms with van der Waals surface area (Å²) in [5.41, 5.74) is 0. The molecule has 3 atom stereocenters. The van der Waals surface area contributed by atoms with Gasteiger partial charge in [0.05, 0.1) is 25.0 Å². The normalized spacial score (nSPS) is 31.0. The molecule has 0 spiro atoms. The molecule has 0 aromatic carbocycles. The van der Waals surface area contributed by atoms with Gasteiger partial charge in [-0.15, -0.1) is 0 Å². The highest BCUT2D eigenvalue weighted by Gasteiger charge is 2.44. The predicted molar refractivity (Wildman–Crippen MR) is 72.7 cm³/mol. The highest BCUT2D eigenvalue weighted by Crippen LogP contribution is 2.32. The maximum Gasteiger partial charge on any atom is 0.249 e. The standard InChI is InChI=1S/C12H22N2O5S/c1-18-8-6-13-12(15)11-4-3-9-10(19-11)5-7-14(9)20(2,16)17/h9-11H,3-8H2,1-2H3,(H,13,15)/t9-,10-,11-/m0/s1. The summed E-state index contributed by atoms with van der Waals surface area (Å²) in [5, 5.41) is 2.75. The first-order valence-corrected chi connectivity index (χ1v) is 8.67. The molecule has 0 aliphatic carbocycles. The van der Waals surface area contributed by atoms with Crippen molar-refractivity contribution >= 4 is 15.9 Å². The zero-order valence-electron chi connectivity index (χ0n) is 11.9. The zero-order chi connectivity index (χ0) is 14.8. The van der Waals surface area contributed by atoms with Gasteiger partial charge in [0.1, 0.15) is 6.10 Å². The molecule has 2 rings (SSSR count). The van der Waals surface area contributed by atoms with Crippen LogP contribution in [0.3, 0.4) is 0 Å². The molecule has 0 saturated carbocycles. The smallest absolute Gasteiger partial charge is 0.249 e. The van der Waals surface area contributed by atoms with Crippen molar-refractivity contribution in [1.29, 1.82) is 0 Å². The summed E-state index contributed by atoms with van der Waals surface area (Å²) in [4.78, 5) is 11.9. The molecule has 116 valence electrons. The Morgan fingerprint density at radius 1 is 1.40 bits per heavy atom. The molecular formula is C12H22N2O5S. The van der Waals surface area contributed by atoms with Crippen LogP contribution in [0.1, 0.15) is 19.3 Å². The molecule has 1 N–H and O–H groups in total. The number of hydrogen-bond acceptors (Lipinski definition) is 5. The van der Waals surface area contributed by atoms with E-state index in [4.69, 9.17) is 9.47 Å². The van der Waals surface area contributed by atoms with E-state index in [-0.39, 0.29) is 18.1 Å². The molecule has 7 nitrogen and oxygen atoms in total. The topological polar surface area (TPSA) is 84.9 Å². The molecule has 2 aliphatic rings. The van der Waals surface area contributed by atoms with Crippen LogP contribution in [-0.2, 0) is 24.3 Å². The molecule has 2 fully saturated rings. The monoisotopic (exact) mass is 306 g/mol. The van der Waals surface area contributed by atoms with Gasteiger partial charge in [0.25, 0.3) is 0 Å². The molecule has 2 aliphatic heterocycles. The van der Waals surface area contributed by atoms with E-state index in [9.17, 15) is 13.2 Å². The molecule has 0 unspecified atom stereocenters. The molecule has 20 heavy (non-hydrogen) atoms. The number of carbonyl (C=O) groups excluding carboxylic acids is 1. The predicted octanol–water partition coefficient (Wildman–Crippen LogP) is -0.669. The molecule has 2 heterocycles. The summed E-state index contributed by atoms with van der Waals surface area (Å²) in [6.45, 7) is 1.40. The largest absolute Gasteiger partial charge is 0.383 e. The van der Waals surface area contributed by atoms with Crippen molar-refractivity contribution in [2.24, 2.45) is 0 Å². The van der Waals surface area contributed by atoms with Crippen molar-refractivity contribution in [3.05, 3.63) is 0 Å². The molecule has 8 heteroatoms. The molecule has 0 radical (unpaired) electrons. The van der Waals surface area contributed by atoms with Crippen LogP contribution in [-0.4, -0.2) is 69.9 Å². The second kappa shape index (κ2) is 6.38. The Balaban J connectivity index is 1.89. The number of carbonyl (C=O) groups is 1. The minimum absolute atomic E-state index is 0.118. The third-order valence-electron chi connectivity index (χ3n) is 3.82. The first-order valence-electron chi connectivity index (χ1n) is 6.82. The lowest BCUT2D eigenvalue weighted by atomic mass is 9.99. The second-order valence-electron chi connectivity index (χ2n) is 5.25. The number of methoxy groups -OCH3 is 1. The van der Waals surface area contributed by atoms with Crippen molar-refractivity contribution in [3.63, 3.8) is 0 Å². The van der Waals surface area contributed by atoms with E-state index < -0.39 is 16.1 Å². The van der Waals surface area contributed by atoms with Gasteiger partial charge in [0.2, 0.25) is 15.9 Å². The van der Waals surface area contributed by atoms with Gasteiger partial charge in [-0.3, -0.25) is 4.79 Å². The molecular weight excluding hydrogens is 284 g/mol. The van der Waals surface area contributed by atoms with Crippen LogP contribution in [0.4, 0.5) is 0 Å². The Hall–Kier alpha value is -0.700. The van der Waals surface area contributed by atoms with Crippen molar-refractivity contribution < 1.29 is 22.7 Å². The lowest BCUT2D eigenvalue weighted by molar-refractivity contribution is -0.143. The second-order valence-corrected chi connectivity index (χ2v) is 7.19. The van der Waals surface area contributed by atoms with Gasteiger partial charge < -0.3 is 14.8 Å². The summed E-state index contributed by atoms with van der Waals surface area (Å²) in [7, 11) is -1.62. The number of sulfonamides is 1.